The summed E-state index contributed by atoms with van der Waals surface area (Å²) >= 11 is 0. The van der Waals surface area contributed by atoms with Crippen LogP contribution in [0.15, 0.2) is 0 Å². The van der Waals surface area contributed by atoms with Crippen molar-refractivity contribution in [3.8, 4) is 0 Å². The van der Waals surface area contributed by atoms with Gasteiger partial charge in [-0.15, -0.1) is 0 Å². The third kappa shape index (κ3) is 2.27. The average molecular weight is 278 g/mol. The van der Waals surface area contributed by atoms with Crippen LogP contribution < -0.4 is 5.73 Å². The number of alkyl halides is 6. The van der Waals surface area contributed by atoms with Gasteiger partial charge in [-0.25, -0.2) is 0 Å². The SMILES string of the molecule is C[C@@H](N)C(=O)N1CCC(C(F)(F)F)(C(F)(F)F)C1. The second kappa shape index (κ2) is 4.29. The molecule has 1 amide bonds. The summed E-state index contributed by atoms with van der Waals surface area (Å²) in [6.45, 7) is -0.802. The van der Waals surface area contributed by atoms with E-state index in [0.29, 0.717) is 4.90 Å². The van der Waals surface area contributed by atoms with Crippen molar-refractivity contribution < 1.29 is 31.1 Å². The maximum Gasteiger partial charge on any atom is 0.404 e. The Morgan fingerprint density at radius 2 is 1.67 bits per heavy atom. The molecule has 1 atom stereocenters. The summed E-state index contributed by atoms with van der Waals surface area (Å²) in [5, 5.41) is 0. The van der Waals surface area contributed by atoms with E-state index in [1.54, 1.807) is 0 Å². The third-order valence-corrected chi connectivity index (χ3v) is 3.06. The molecular weight excluding hydrogens is 266 g/mol. The van der Waals surface area contributed by atoms with Gasteiger partial charge in [-0.05, 0) is 13.3 Å². The summed E-state index contributed by atoms with van der Waals surface area (Å²) in [6, 6.07) is -1.12. The second-order valence-corrected chi connectivity index (χ2v) is 4.38. The molecule has 0 bridgehead atoms. The van der Waals surface area contributed by atoms with Gasteiger partial charge < -0.3 is 10.6 Å². The van der Waals surface area contributed by atoms with E-state index < -0.39 is 49.2 Å². The van der Waals surface area contributed by atoms with Crippen LogP contribution in [0.2, 0.25) is 0 Å². The van der Waals surface area contributed by atoms with Gasteiger partial charge in [0.15, 0.2) is 5.41 Å². The molecule has 2 N–H and O–H groups in total. The quantitative estimate of drug-likeness (QED) is 0.742. The molecule has 3 nitrogen and oxygen atoms in total. The van der Waals surface area contributed by atoms with Crippen LogP contribution in [-0.4, -0.2) is 42.3 Å². The van der Waals surface area contributed by atoms with Gasteiger partial charge in [-0.2, -0.15) is 26.3 Å². The fourth-order valence-electron chi connectivity index (χ4n) is 1.91. The zero-order valence-corrected chi connectivity index (χ0v) is 9.40. The predicted octanol–water partition coefficient (Wildman–Crippen LogP) is 1.68. The van der Waals surface area contributed by atoms with Crippen LogP contribution in [0, 0.1) is 5.41 Å². The third-order valence-electron chi connectivity index (χ3n) is 3.06. The molecule has 0 aromatic rings. The lowest BCUT2D eigenvalue weighted by Crippen LogP contribution is -2.53. The van der Waals surface area contributed by atoms with Crippen LogP contribution in [0.5, 0.6) is 0 Å². The van der Waals surface area contributed by atoms with E-state index in [0.717, 1.165) is 0 Å². The largest absolute Gasteiger partial charge is 0.404 e. The van der Waals surface area contributed by atoms with Crippen LogP contribution >= 0.6 is 0 Å². The van der Waals surface area contributed by atoms with Gasteiger partial charge in [0, 0.05) is 13.1 Å². The number of carbonyl (C=O) groups is 1. The fourth-order valence-corrected chi connectivity index (χ4v) is 1.91. The van der Waals surface area contributed by atoms with Gasteiger partial charge in [0.25, 0.3) is 0 Å². The minimum atomic E-state index is -5.45. The number of hydrogen-bond donors (Lipinski definition) is 1. The molecule has 0 aromatic carbocycles. The first kappa shape index (κ1) is 15.1. The van der Waals surface area contributed by atoms with E-state index in [1.807, 2.05) is 0 Å². The summed E-state index contributed by atoms with van der Waals surface area (Å²) in [4.78, 5) is 11.9. The summed E-state index contributed by atoms with van der Waals surface area (Å²) < 4.78 is 76.0. The van der Waals surface area contributed by atoms with E-state index in [1.165, 1.54) is 6.92 Å². The Morgan fingerprint density at radius 1 is 1.22 bits per heavy atom. The maximum absolute atomic E-state index is 12.7. The molecule has 0 aliphatic carbocycles. The minimum absolute atomic E-state index is 0.519. The highest BCUT2D eigenvalue weighted by molar-refractivity contribution is 5.81. The first-order valence-corrected chi connectivity index (χ1v) is 5.10. The Kier molecular flexibility index (Phi) is 3.59. The van der Waals surface area contributed by atoms with Gasteiger partial charge >= 0.3 is 12.4 Å². The molecule has 1 rings (SSSR count). The maximum atomic E-state index is 12.7. The molecule has 1 heterocycles. The number of nitrogens with zero attached hydrogens (tertiary/aromatic N) is 1. The Balaban J connectivity index is 3.04. The average Bonchev–Trinajstić information content (AvgIpc) is 2.59. The van der Waals surface area contributed by atoms with Crippen molar-refractivity contribution in [2.75, 3.05) is 13.1 Å². The van der Waals surface area contributed by atoms with E-state index in [2.05, 4.69) is 0 Å². The minimum Gasteiger partial charge on any atom is -0.340 e. The molecule has 1 saturated heterocycles. The Bertz CT molecular complexity index is 321. The lowest BCUT2D eigenvalue weighted by Gasteiger charge is -2.33. The zero-order valence-electron chi connectivity index (χ0n) is 9.40. The smallest absolute Gasteiger partial charge is 0.340 e. The number of nitrogens with two attached hydrogens (primary N) is 1. The zero-order chi connectivity index (χ0) is 14.4. The molecule has 1 aliphatic rings. The summed E-state index contributed by atoms with van der Waals surface area (Å²) in [7, 11) is 0. The Morgan fingerprint density at radius 3 is 1.94 bits per heavy atom. The molecule has 1 aliphatic heterocycles. The number of hydrogen-bond acceptors (Lipinski definition) is 2. The molecule has 18 heavy (non-hydrogen) atoms. The molecule has 9 heteroatoms. The van der Waals surface area contributed by atoms with E-state index in [-0.39, 0.29) is 0 Å². The topological polar surface area (TPSA) is 46.3 Å². The van der Waals surface area contributed by atoms with Gasteiger partial charge in [0.1, 0.15) is 0 Å². The fraction of sp³-hybridized carbons (Fsp3) is 0.889. The Labute approximate surface area is 98.9 Å². The van der Waals surface area contributed by atoms with Crippen molar-refractivity contribution in [1.29, 1.82) is 0 Å². The lowest BCUT2D eigenvalue weighted by atomic mass is 9.85. The molecular formula is C9H12F6N2O. The van der Waals surface area contributed by atoms with Gasteiger partial charge in [0.2, 0.25) is 5.91 Å². The monoisotopic (exact) mass is 278 g/mol. The second-order valence-electron chi connectivity index (χ2n) is 4.38. The van der Waals surface area contributed by atoms with Crippen molar-refractivity contribution >= 4 is 5.91 Å². The number of rotatable bonds is 1. The highest BCUT2D eigenvalue weighted by Gasteiger charge is 2.72. The molecule has 0 spiro atoms. The number of halogens is 6. The summed E-state index contributed by atoms with van der Waals surface area (Å²) in [6.07, 6.45) is -12.1. The van der Waals surface area contributed by atoms with Crippen molar-refractivity contribution in [3.05, 3.63) is 0 Å². The van der Waals surface area contributed by atoms with E-state index >= 15 is 0 Å². The molecule has 106 valence electrons. The highest BCUT2D eigenvalue weighted by Crippen LogP contribution is 2.55. The van der Waals surface area contributed by atoms with Crippen LogP contribution in [0.25, 0.3) is 0 Å². The predicted molar refractivity (Wildman–Crippen MR) is 49.4 cm³/mol. The van der Waals surface area contributed by atoms with E-state index in [9.17, 15) is 31.1 Å². The van der Waals surface area contributed by atoms with Gasteiger partial charge in [-0.1, -0.05) is 0 Å². The standard InChI is InChI=1S/C9H12F6N2O/c1-5(16)6(18)17-3-2-7(4-17,8(10,11)12)9(13,14)15/h5H,2-4,16H2,1H3/t5-/m1/s1. The van der Waals surface area contributed by atoms with Crippen LogP contribution in [0.3, 0.4) is 0 Å². The normalized spacial score (nSPS) is 22.1. The summed E-state index contributed by atoms with van der Waals surface area (Å²) in [5.74, 6) is -0.912. The summed E-state index contributed by atoms with van der Waals surface area (Å²) in [5.41, 5.74) is 1.33. The molecule has 0 aromatic heterocycles. The van der Waals surface area contributed by atoms with Crippen LogP contribution in [0.4, 0.5) is 26.3 Å². The number of amides is 1. The van der Waals surface area contributed by atoms with Crippen molar-refractivity contribution in [2.45, 2.75) is 31.7 Å². The molecule has 0 unspecified atom stereocenters. The first-order valence-electron chi connectivity index (χ1n) is 5.10. The van der Waals surface area contributed by atoms with Gasteiger partial charge in [-0.3, -0.25) is 4.79 Å². The van der Waals surface area contributed by atoms with Crippen LogP contribution in [-0.2, 0) is 4.79 Å². The lowest BCUT2D eigenvalue weighted by molar-refractivity contribution is -0.334. The highest BCUT2D eigenvalue weighted by atomic mass is 19.4. The van der Waals surface area contributed by atoms with Crippen molar-refractivity contribution in [2.24, 2.45) is 11.1 Å². The van der Waals surface area contributed by atoms with Crippen LogP contribution in [0.1, 0.15) is 13.3 Å². The van der Waals surface area contributed by atoms with Crippen molar-refractivity contribution in [1.82, 2.24) is 4.90 Å². The van der Waals surface area contributed by atoms with E-state index in [4.69, 9.17) is 5.73 Å². The van der Waals surface area contributed by atoms with Crippen molar-refractivity contribution in [3.63, 3.8) is 0 Å². The molecule has 0 saturated carbocycles. The Hall–Kier alpha value is -0.990. The molecule has 1 fully saturated rings. The van der Waals surface area contributed by atoms with Gasteiger partial charge in [0.05, 0.1) is 6.04 Å². The number of likely N-dealkylation sites (tertiary alicyclic amines) is 1. The number of carbonyl (C=O) groups excluding carboxylic acids is 1. The molecule has 0 radical (unpaired) electrons. The first-order chi connectivity index (χ1) is 7.92.